The Morgan fingerprint density at radius 1 is 0.810 bits per heavy atom. The van der Waals surface area contributed by atoms with E-state index >= 15 is 0 Å². The quantitative estimate of drug-likeness (QED) is 0.199. The molecule has 0 aliphatic heterocycles. The summed E-state index contributed by atoms with van der Waals surface area (Å²) >= 11 is 3.32. The summed E-state index contributed by atoms with van der Waals surface area (Å²) in [6.07, 6.45) is 0.450. The fourth-order valence-corrected chi connectivity index (χ4v) is 6.26. The van der Waals surface area contributed by atoms with Gasteiger partial charge in [0.15, 0.2) is 0 Å². The van der Waals surface area contributed by atoms with Gasteiger partial charge in [-0.1, -0.05) is 94.8 Å². The van der Waals surface area contributed by atoms with Gasteiger partial charge in [-0.3, -0.25) is 4.79 Å². The van der Waals surface area contributed by atoms with Gasteiger partial charge in [0.25, 0.3) is 5.91 Å². The van der Waals surface area contributed by atoms with Crippen LogP contribution in [-0.4, -0.2) is 46.1 Å². The second-order valence-corrected chi connectivity index (χ2v) is 12.1. The molecule has 0 unspecified atom stereocenters. The zero-order chi connectivity index (χ0) is 30.0. The van der Waals surface area contributed by atoms with Gasteiger partial charge in [-0.2, -0.15) is 0 Å². The van der Waals surface area contributed by atoms with Gasteiger partial charge in [-0.05, 0) is 47.9 Å². The van der Waals surface area contributed by atoms with Gasteiger partial charge in [-0.25, -0.2) is 17.9 Å². The number of benzene rings is 4. The van der Waals surface area contributed by atoms with Crippen LogP contribution in [0, 0.1) is 0 Å². The lowest BCUT2D eigenvalue weighted by Crippen LogP contribution is -2.46. The average Bonchev–Trinajstić information content (AvgIpc) is 3.00. The van der Waals surface area contributed by atoms with E-state index in [2.05, 4.69) is 26.0 Å². The fourth-order valence-electron chi connectivity index (χ4n) is 4.33. The van der Waals surface area contributed by atoms with Crippen LogP contribution in [0.5, 0.6) is 5.75 Å². The van der Waals surface area contributed by atoms with E-state index in [1.165, 1.54) is 13.2 Å². The minimum absolute atomic E-state index is 0.0548. The van der Waals surface area contributed by atoms with E-state index in [4.69, 9.17) is 9.47 Å². The zero-order valence-electron chi connectivity index (χ0n) is 22.9. The number of hydrogen-bond acceptors (Lipinski definition) is 6. The molecule has 0 aliphatic rings. The van der Waals surface area contributed by atoms with Gasteiger partial charge in [-0.15, -0.1) is 0 Å². The molecule has 4 aromatic carbocycles. The molecule has 4 aromatic rings. The van der Waals surface area contributed by atoms with Crippen LogP contribution in [-0.2, 0) is 32.4 Å². The lowest BCUT2D eigenvalue weighted by molar-refractivity contribution is -0.146. The number of nitrogens with one attached hydrogen (secondary N) is 2. The van der Waals surface area contributed by atoms with Gasteiger partial charge < -0.3 is 14.8 Å². The number of amides is 1. The summed E-state index contributed by atoms with van der Waals surface area (Å²) in [5.74, 6) is -0.926. The zero-order valence-corrected chi connectivity index (χ0v) is 25.3. The molecule has 1 amide bonds. The highest BCUT2D eigenvalue weighted by Gasteiger charge is 2.28. The Balaban J connectivity index is 1.55. The molecule has 0 aliphatic carbocycles. The molecule has 2 N–H and O–H groups in total. The fraction of sp³-hybridized carbons (Fsp3) is 0.188. The van der Waals surface area contributed by atoms with Crippen LogP contribution in [0.3, 0.4) is 0 Å². The van der Waals surface area contributed by atoms with Gasteiger partial charge in [0.05, 0.1) is 13.2 Å². The molecule has 0 saturated heterocycles. The molecule has 0 fully saturated rings. The first kappa shape index (κ1) is 31.0. The summed E-state index contributed by atoms with van der Waals surface area (Å²) in [4.78, 5) is 26.3. The molecular weight excluding hydrogens is 620 g/mol. The van der Waals surface area contributed by atoms with Crippen LogP contribution in [0.15, 0.2) is 119 Å². The van der Waals surface area contributed by atoms with Crippen molar-refractivity contribution in [1.82, 2.24) is 10.0 Å². The summed E-state index contributed by atoms with van der Waals surface area (Å²) in [5, 5.41) is 2.78. The van der Waals surface area contributed by atoms with E-state index in [1.807, 2.05) is 60.7 Å². The van der Waals surface area contributed by atoms with Crippen molar-refractivity contribution >= 4 is 37.8 Å². The molecule has 0 aromatic heterocycles. The van der Waals surface area contributed by atoms with Gasteiger partial charge in [0, 0.05) is 16.5 Å². The van der Waals surface area contributed by atoms with E-state index in [9.17, 15) is 18.0 Å². The summed E-state index contributed by atoms with van der Waals surface area (Å²) in [6, 6.07) is 30.0. The predicted octanol–water partition coefficient (Wildman–Crippen LogP) is 4.93. The largest absolute Gasteiger partial charge is 0.495 e. The maximum atomic E-state index is 13.5. The lowest BCUT2D eigenvalue weighted by atomic mass is 10.1. The normalized spacial score (nSPS) is 12.6. The van der Waals surface area contributed by atoms with Crippen LogP contribution in [0.4, 0.5) is 0 Å². The summed E-state index contributed by atoms with van der Waals surface area (Å²) in [5.41, 5.74) is 2.08. The van der Waals surface area contributed by atoms with E-state index in [0.717, 1.165) is 11.1 Å². The molecule has 4 rings (SSSR count). The highest BCUT2D eigenvalue weighted by molar-refractivity contribution is 9.10. The Bertz CT molecular complexity index is 1590. The SMILES string of the molecule is COc1ccc(Br)cc1S(=O)(=O)N[C@H](COC(=O)[C@@H](Cc1ccccc1)NC(=O)c1ccccc1)Cc1ccccc1. The van der Waals surface area contributed by atoms with Crippen molar-refractivity contribution in [1.29, 1.82) is 0 Å². The second-order valence-electron chi connectivity index (χ2n) is 9.51. The molecule has 0 heterocycles. The summed E-state index contributed by atoms with van der Waals surface area (Å²) < 4.78 is 41.2. The third-order valence-electron chi connectivity index (χ3n) is 6.40. The maximum Gasteiger partial charge on any atom is 0.329 e. The third kappa shape index (κ3) is 8.75. The van der Waals surface area contributed by atoms with Gasteiger partial charge >= 0.3 is 5.97 Å². The Morgan fingerprint density at radius 3 is 1.98 bits per heavy atom. The van der Waals surface area contributed by atoms with Crippen molar-refractivity contribution in [2.24, 2.45) is 0 Å². The molecule has 0 saturated carbocycles. The Labute approximate surface area is 254 Å². The Morgan fingerprint density at radius 2 is 1.38 bits per heavy atom. The number of methoxy groups -OCH3 is 1. The van der Waals surface area contributed by atoms with Crippen molar-refractivity contribution in [2.45, 2.75) is 29.8 Å². The Hall–Kier alpha value is -3.99. The lowest BCUT2D eigenvalue weighted by Gasteiger charge is -2.22. The smallest absolute Gasteiger partial charge is 0.329 e. The molecule has 10 heteroatoms. The summed E-state index contributed by atoms with van der Waals surface area (Å²) in [6.45, 7) is -0.268. The molecule has 0 spiro atoms. The second kappa shape index (κ2) is 14.8. The highest BCUT2D eigenvalue weighted by atomic mass is 79.9. The minimum Gasteiger partial charge on any atom is -0.495 e. The molecule has 42 heavy (non-hydrogen) atoms. The monoisotopic (exact) mass is 650 g/mol. The predicted molar refractivity (Wildman–Crippen MR) is 164 cm³/mol. The number of carbonyl (C=O) groups excluding carboxylic acids is 2. The van der Waals surface area contributed by atoms with E-state index < -0.39 is 34.0 Å². The molecule has 218 valence electrons. The maximum absolute atomic E-state index is 13.5. The molecular formula is C32H31BrN2O6S. The number of hydrogen-bond donors (Lipinski definition) is 2. The van der Waals surface area contributed by atoms with Crippen molar-refractivity contribution < 1.29 is 27.5 Å². The van der Waals surface area contributed by atoms with Crippen molar-refractivity contribution in [3.05, 3.63) is 130 Å². The van der Waals surface area contributed by atoms with E-state index in [-0.39, 0.29) is 30.1 Å². The summed E-state index contributed by atoms with van der Waals surface area (Å²) in [7, 11) is -2.69. The first-order valence-corrected chi connectivity index (χ1v) is 15.5. The van der Waals surface area contributed by atoms with Crippen molar-refractivity contribution in [2.75, 3.05) is 13.7 Å². The van der Waals surface area contributed by atoms with Gasteiger partial charge in [0.1, 0.15) is 23.3 Å². The van der Waals surface area contributed by atoms with Crippen LogP contribution < -0.4 is 14.8 Å². The first-order valence-electron chi connectivity index (χ1n) is 13.2. The molecule has 8 nitrogen and oxygen atoms in total. The molecule has 2 atom stereocenters. The van der Waals surface area contributed by atoms with Crippen LogP contribution in [0.25, 0.3) is 0 Å². The van der Waals surface area contributed by atoms with E-state index in [0.29, 0.717) is 10.0 Å². The number of esters is 1. The average molecular weight is 652 g/mol. The van der Waals surface area contributed by atoms with Gasteiger partial charge in [0.2, 0.25) is 10.0 Å². The number of halogens is 1. The third-order valence-corrected chi connectivity index (χ3v) is 8.43. The highest BCUT2D eigenvalue weighted by Crippen LogP contribution is 2.27. The molecule has 0 radical (unpaired) electrons. The minimum atomic E-state index is -4.08. The topological polar surface area (TPSA) is 111 Å². The van der Waals surface area contributed by atoms with Crippen LogP contribution in [0.1, 0.15) is 21.5 Å². The number of ether oxygens (including phenoxy) is 2. The number of rotatable bonds is 13. The Kier molecular flexibility index (Phi) is 10.9. The molecule has 0 bridgehead atoms. The standard InChI is InChI=1S/C32H31BrN2O6S/c1-40-29-18-17-26(33)21-30(29)42(38,39)35-27(19-23-11-5-2-6-12-23)22-41-32(37)28(20-24-13-7-3-8-14-24)34-31(36)25-15-9-4-10-16-25/h2-18,21,27-28,35H,19-20,22H2,1H3,(H,34,36)/t27-,28+/m0/s1. The first-order chi connectivity index (χ1) is 20.2. The van der Waals surface area contributed by atoms with Crippen LogP contribution >= 0.6 is 15.9 Å². The van der Waals surface area contributed by atoms with Crippen molar-refractivity contribution in [3.63, 3.8) is 0 Å². The number of carbonyl (C=O) groups is 2. The van der Waals surface area contributed by atoms with E-state index in [1.54, 1.807) is 42.5 Å². The van der Waals surface area contributed by atoms with Crippen LogP contribution in [0.2, 0.25) is 0 Å². The number of sulfonamides is 1. The van der Waals surface area contributed by atoms with Crippen molar-refractivity contribution in [3.8, 4) is 5.75 Å².